The number of hydrogen-bond donors (Lipinski definition) is 2. The van der Waals surface area contributed by atoms with Crippen molar-refractivity contribution < 1.29 is 14.4 Å². The lowest BCUT2D eigenvalue weighted by Crippen LogP contribution is -2.47. The molecule has 4 rings (SSSR count). The maximum absolute atomic E-state index is 13.5. The Kier molecular flexibility index (Phi) is 6.31. The van der Waals surface area contributed by atoms with Gasteiger partial charge in [0.15, 0.2) is 0 Å². The van der Waals surface area contributed by atoms with Crippen LogP contribution in [-0.2, 0) is 9.59 Å². The van der Waals surface area contributed by atoms with E-state index in [1.165, 1.54) is 0 Å². The van der Waals surface area contributed by atoms with E-state index < -0.39 is 6.04 Å². The summed E-state index contributed by atoms with van der Waals surface area (Å²) in [6.45, 7) is 0.463. The molecule has 1 aliphatic rings. The van der Waals surface area contributed by atoms with Crippen molar-refractivity contribution in [1.29, 1.82) is 0 Å². The maximum Gasteiger partial charge on any atom is 0.271 e. The van der Waals surface area contributed by atoms with Crippen molar-refractivity contribution in [3.63, 3.8) is 0 Å². The van der Waals surface area contributed by atoms with E-state index in [9.17, 15) is 14.4 Å². The van der Waals surface area contributed by atoms with E-state index in [1.807, 2.05) is 48.5 Å². The molecule has 6 nitrogen and oxygen atoms in total. The fourth-order valence-electron chi connectivity index (χ4n) is 4.07. The number of likely N-dealkylation sites (N-methyl/N-ethyl adjacent to an activating group) is 1. The Labute approximate surface area is 186 Å². The number of likely N-dealkylation sites (tertiary alicyclic amines) is 1. The highest BCUT2D eigenvalue weighted by Gasteiger charge is 2.35. The lowest BCUT2D eigenvalue weighted by molar-refractivity contribution is -0.135. The average molecular weight is 428 g/mol. The Hall–Kier alpha value is -3.93. The highest BCUT2D eigenvalue weighted by Crippen LogP contribution is 2.24. The molecule has 3 aromatic rings. The van der Waals surface area contributed by atoms with Gasteiger partial charge in [-0.25, -0.2) is 0 Å². The summed E-state index contributed by atoms with van der Waals surface area (Å²) in [5.41, 5.74) is 1.41. The number of carbonyl (C=O) groups excluding carboxylic acids is 3. The van der Waals surface area contributed by atoms with Crippen molar-refractivity contribution in [3.8, 4) is 0 Å². The molecule has 0 saturated carbocycles. The lowest BCUT2D eigenvalue weighted by Gasteiger charge is -2.25. The Morgan fingerprint density at radius 2 is 1.66 bits per heavy atom. The summed E-state index contributed by atoms with van der Waals surface area (Å²) >= 11 is 0. The van der Waals surface area contributed by atoms with Crippen LogP contribution in [0.1, 0.15) is 28.8 Å². The van der Waals surface area contributed by atoms with Gasteiger partial charge in [-0.15, -0.1) is 0 Å². The molecule has 0 bridgehead atoms. The monoisotopic (exact) mass is 427 g/mol. The lowest BCUT2D eigenvalue weighted by atomic mass is 10.0. The molecular formula is C26H25N3O3. The molecule has 0 unspecified atom stereocenters. The molecule has 3 amide bonds. The predicted octanol–water partition coefficient (Wildman–Crippen LogP) is 3.35. The highest BCUT2D eigenvalue weighted by molar-refractivity contribution is 6.07. The molecule has 0 spiro atoms. The van der Waals surface area contributed by atoms with Crippen LogP contribution in [0.5, 0.6) is 0 Å². The largest absolute Gasteiger partial charge is 0.357 e. The van der Waals surface area contributed by atoms with E-state index in [0.717, 1.165) is 22.8 Å². The van der Waals surface area contributed by atoms with Crippen LogP contribution in [0.2, 0.25) is 0 Å². The van der Waals surface area contributed by atoms with Gasteiger partial charge >= 0.3 is 0 Å². The molecular weight excluding hydrogens is 402 g/mol. The van der Waals surface area contributed by atoms with Crippen LogP contribution < -0.4 is 10.6 Å². The second-order valence-electron chi connectivity index (χ2n) is 7.72. The van der Waals surface area contributed by atoms with Crippen LogP contribution in [0.3, 0.4) is 0 Å². The molecule has 1 fully saturated rings. The summed E-state index contributed by atoms with van der Waals surface area (Å²) in [6, 6.07) is 21.9. The Morgan fingerprint density at radius 1 is 0.938 bits per heavy atom. The summed E-state index contributed by atoms with van der Waals surface area (Å²) in [4.78, 5) is 40.3. The molecule has 2 N–H and O–H groups in total. The first-order valence-electron chi connectivity index (χ1n) is 10.7. The quantitative estimate of drug-likeness (QED) is 0.613. The highest BCUT2D eigenvalue weighted by atomic mass is 16.2. The molecule has 0 aliphatic carbocycles. The molecule has 1 saturated heterocycles. The number of fused-ring (bicyclic) bond motifs is 1. The molecule has 0 radical (unpaired) electrons. The van der Waals surface area contributed by atoms with E-state index in [2.05, 4.69) is 10.6 Å². The third-order valence-corrected chi connectivity index (χ3v) is 5.70. The third kappa shape index (κ3) is 4.39. The third-order valence-electron chi connectivity index (χ3n) is 5.70. The molecule has 3 aromatic carbocycles. The Bertz CT molecular complexity index is 1180. The minimum Gasteiger partial charge on any atom is -0.357 e. The molecule has 1 atom stereocenters. The van der Waals surface area contributed by atoms with Crippen LogP contribution in [0, 0.1) is 0 Å². The first-order chi connectivity index (χ1) is 15.6. The number of benzene rings is 3. The summed E-state index contributed by atoms with van der Waals surface area (Å²) < 4.78 is 0. The molecule has 0 aromatic heterocycles. The second kappa shape index (κ2) is 9.47. The van der Waals surface area contributed by atoms with Gasteiger partial charge in [0.2, 0.25) is 5.91 Å². The first-order valence-corrected chi connectivity index (χ1v) is 10.7. The normalized spacial score (nSPS) is 16.1. The number of nitrogens with zero attached hydrogens (tertiary/aromatic N) is 1. The number of amides is 3. The summed E-state index contributed by atoms with van der Waals surface area (Å²) in [5, 5.41) is 7.44. The number of hydrogen-bond acceptors (Lipinski definition) is 3. The van der Waals surface area contributed by atoms with Crippen LogP contribution in [-0.4, -0.2) is 42.3 Å². The topological polar surface area (TPSA) is 78.5 Å². The summed E-state index contributed by atoms with van der Waals surface area (Å²) in [7, 11) is 1.56. The fraction of sp³-hybridized carbons (Fsp3) is 0.192. The van der Waals surface area contributed by atoms with Crippen LogP contribution in [0.25, 0.3) is 16.8 Å². The average Bonchev–Trinajstić information content (AvgIpc) is 3.33. The SMILES string of the molecule is CNC(=O)[C@@H]1CCCN1C(=O)/C(=C/c1cccc2ccccc12)NC(=O)c1ccccc1. The minimum absolute atomic E-state index is 0.144. The molecule has 1 aliphatic heterocycles. The predicted molar refractivity (Wildman–Crippen MR) is 125 cm³/mol. The van der Waals surface area contributed by atoms with Crippen LogP contribution >= 0.6 is 0 Å². The van der Waals surface area contributed by atoms with Gasteiger partial charge in [-0.3, -0.25) is 14.4 Å². The van der Waals surface area contributed by atoms with E-state index in [1.54, 1.807) is 42.3 Å². The van der Waals surface area contributed by atoms with E-state index in [0.29, 0.717) is 18.5 Å². The van der Waals surface area contributed by atoms with Crippen molar-refractivity contribution in [3.05, 3.63) is 89.6 Å². The molecule has 32 heavy (non-hydrogen) atoms. The number of carbonyl (C=O) groups is 3. The van der Waals surface area contributed by atoms with Crippen molar-refractivity contribution in [1.82, 2.24) is 15.5 Å². The number of rotatable bonds is 5. The zero-order chi connectivity index (χ0) is 22.5. The molecule has 6 heteroatoms. The van der Waals surface area contributed by atoms with E-state index >= 15 is 0 Å². The van der Waals surface area contributed by atoms with Crippen molar-refractivity contribution >= 4 is 34.6 Å². The van der Waals surface area contributed by atoms with Crippen LogP contribution in [0.15, 0.2) is 78.5 Å². The Morgan fingerprint density at radius 3 is 2.44 bits per heavy atom. The van der Waals surface area contributed by atoms with Crippen LogP contribution in [0.4, 0.5) is 0 Å². The van der Waals surface area contributed by atoms with Gasteiger partial charge in [0.25, 0.3) is 11.8 Å². The van der Waals surface area contributed by atoms with Crippen molar-refractivity contribution in [2.24, 2.45) is 0 Å². The van der Waals surface area contributed by atoms with E-state index in [4.69, 9.17) is 0 Å². The first kappa shape index (κ1) is 21.3. The van der Waals surface area contributed by atoms with Gasteiger partial charge in [-0.1, -0.05) is 60.7 Å². The summed E-state index contributed by atoms with van der Waals surface area (Å²) in [6.07, 6.45) is 3.03. The van der Waals surface area contributed by atoms with Crippen molar-refractivity contribution in [2.45, 2.75) is 18.9 Å². The number of nitrogens with one attached hydrogen (secondary N) is 2. The van der Waals surface area contributed by atoms with Gasteiger partial charge in [0.05, 0.1) is 0 Å². The van der Waals surface area contributed by atoms with Gasteiger partial charge in [0, 0.05) is 19.2 Å². The maximum atomic E-state index is 13.5. The standard InChI is InChI=1S/C26H25N3O3/c1-27-25(31)23-15-8-16-29(23)26(32)22(28-24(30)19-10-3-2-4-11-19)17-20-13-7-12-18-9-5-6-14-21(18)20/h2-7,9-14,17,23H,8,15-16H2,1H3,(H,27,31)(H,28,30)/b22-17-/t23-/m0/s1. The Balaban J connectivity index is 1.74. The van der Waals surface area contributed by atoms with Gasteiger partial charge in [0.1, 0.15) is 11.7 Å². The zero-order valence-corrected chi connectivity index (χ0v) is 17.9. The molecule has 1 heterocycles. The zero-order valence-electron chi connectivity index (χ0n) is 17.9. The van der Waals surface area contributed by atoms with Gasteiger partial charge in [-0.05, 0) is 47.4 Å². The van der Waals surface area contributed by atoms with Gasteiger partial charge < -0.3 is 15.5 Å². The van der Waals surface area contributed by atoms with Crippen molar-refractivity contribution in [2.75, 3.05) is 13.6 Å². The molecule has 162 valence electrons. The minimum atomic E-state index is -0.544. The second-order valence-corrected chi connectivity index (χ2v) is 7.72. The van der Waals surface area contributed by atoms with E-state index in [-0.39, 0.29) is 23.4 Å². The van der Waals surface area contributed by atoms with Gasteiger partial charge in [-0.2, -0.15) is 0 Å². The smallest absolute Gasteiger partial charge is 0.271 e. The fourth-order valence-corrected chi connectivity index (χ4v) is 4.07. The summed E-state index contributed by atoms with van der Waals surface area (Å²) in [5.74, 6) is -0.941.